The number of aliphatic imine (C=N–C) groups is 1. The summed E-state index contributed by atoms with van der Waals surface area (Å²) in [5.74, 6) is 0.977. The van der Waals surface area contributed by atoms with Crippen LogP contribution in [0.1, 0.15) is 11.1 Å². The summed E-state index contributed by atoms with van der Waals surface area (Å²) in [5, 5.41) is 12.1. The number of phenols is 1. The Kier molecular flexibility index (Phi) is 9.05. The molecule has 4 rings (SSSR count). The molecule has 4 aromatic rings. The van der Waals surface area contributed by atoms with Gasteiger partial charge in [-0.15, -0.1) is 0 Å². The van der Waals surface area contributed by atoms with E-state index in [2.05, 4.69) is 4.90 Å². The zero-order chi connectivity index (χ0) is 25.5. The smallest absolute Gasteiger partial charge is 0.169 e. The number of ether oxygens (including phenoxy) is 1. The Hall–Kier alpha value is -2.83. The minimum Gasteiger partial charge on any atom is -0.508 e. The molecule has 0 saturated heterocycles. The molecule has 0 spiro atoms. The van der Waals surface area contributed by atoms with Crippen molar-refractivity contribution >= 4 is 57.4 Å². The van der Waals surface area contributed by atoms with Crippen molar-refractivity contribution in [3.05, 3.63) is 117 Å². The first-order valence-corrected chi connectivity index (χ1v) is 13.0. The summed E-state index contributed by atoms with van der Waals surface area (Å²) in [6.07, 6.45) is 0. The molecule has 0 saturated carbocycles. The Bertz CT molecular complexity index is 1360. The Morgan fingerprint density at radius 1 is 0.833 bits per heavy atom. The lowest BCUT2D eigenvalue weighted by atomic mass is 10.1. The SMILES string of the molecule is COc1cccc(SC(=Nc2cccc(Cl)c2)N(Cc2ccc(O)cc2)Cc2ccc(Cl)c(Cl)c2)c1. The Morgan fingerprint density at radius 2 is 1.56 bits per heavy atom. The monoisotopic (exact) mass is 556 g/mol. The number of aromatic hydroxyl groups is 1. The average molecular weight is 558 g/mol. The summed E-state index contributed by atoms with van der Waals surface area (Å²) < 4.78 is 5.42. The fourth-order valence-corrected chi connectivity index (χ4v) is 4.90. The molecule has 0 radical (unpaired) electrons. The summed E-state index contributed by atoms with van der Waals surface area (Å²) in [6, 6.07) is 28.0. The quantitative estimate of drug-likeness (QED) is 0.140. The Morgan fingerprint density at radius 3 is 2.28 bits per heavy atom. The van der Waals surface area contributed by atoms with Crippen LogP contribution in [0, 0.1) is 0 Å². The average Bonchev–Trinajstić information content (AvgIpc) is 2.87. The Balaban J connectivity index is 1.77. The molecular weight excluding hydrogens is 535 g/mol. The number of halogens is 3. The van der Waals surface area contributed by atoms with Gasteiger partial charge in [-0.05, 0) is 71.8 Å². The molecule has 8 heteroatoms. The molecule has 0 bridgehead atoms. The van der Waals surface area contributed by atoms with Crippen molar-refractivity contribution in [3.8, 4) is 11.5 Å². The van der Waals surface area contributed by atoms with Gasteiger partial charge >= 0.3 is 0 Å². The van der Waals surface area contributed by atoms with Crippen molar-refractivity contribution in [1.29, 1.82) is 0 Å². The highest BCUT2D eigenvalue weighted by atomic mass is 35.5. The number of benzene rings is 4. The maximum atomic E-state index is 9.76. The summed E-state index contributed by atoms with van der Waals surface area (Å²) in [6.45, 7) is 1.06. The van der Waals surface area contributed by atoms with Crippen LogP contribution in [-0.2, 0) is 13.1 Å². The van der Waals surface area contributed by atoms with Gasteiger partial charge in [0.2, 0.25) is 0 Å². The van der Waals surface area contributed by atoms with Crippen LogP contribution in [0.3, 0.4) is 0 Å². The molecule has 36 heavy (non-hydrogen) atoms. The predicted octanol–water partition coefficient (Wildman–Crippen LogP) is 8.84. The van der Waals surface area contributed by atoms with Crippen LogP contribution in [-0.4, -0.2) is 22.3 Å². The zero-order valence-corrected chi connectivity index (χ0v) is 22.5. The van der Waals surface area contributed by atoms with E-state index in [-0.39, 0.29) is 5.75 Å². The number of phenolic OH excluding ortho intramolecular Hbond substituents is 1. The van der Waals surface area contributed by atoms with Gasteiger partial charge in [0.05, 0.1) is 22.8 Å². The molecular formula is C28H23Cl3N2O2S. The van der Waals surface area contributed by atoms with E-state index in [9.17, 15) is 5.11 Å². The number of amidine groups is 1. The van der Waals surface area contributed by atoms with Gasteiger partial charge in [0, 0.05) is 23.0 Å². The minimum atomic E-state index is 0.216. The molecule has 0 unspecified atom stereocenters. The number of methoxy groups -OCH3 is 1. The summed E-state index contributed by atoms with van der Waals surface area (Å²) in [4.78, 5) is 8.11. The van der Waals surface area contributed by atoms with Gasteiger partial charge < -0.3 is 14.7 Å². The predicted molar refractivity (Wildman–Crippen MR) is 151 cm³/mol. The lowest BCUT2D eigenvalue weighted by Crippen LogP contribution is -2.28. The molecule has 4 nitrogen and oxygen atoms in total. The molecule has 1 N–H and O–H groups in total. The zero-order valence-electron chi connectivity index (χ0n) is 19.4. The van der Waals surface area contributed by atoms with Crippen LogP contribution in [0.15, 0.2) is 101 Å². The van der Waals surface area contributed by atoms with E-state index in [0.717, 1.165) is 32.6 Å². The van der Waals surface area contributed by atoms with Gasteiger partial charge in [0.15, 0.2) is 5.17 Å². The summed E-state index contributed by atoms with van der Waals surface area (Å²) >= 11 is 20.3. The third-order valence-electron chi connectivity index (χ3n) is 5.22. The normalized spacial score (nSPS) is 11.4. The molecule has 0 atom stereocenters. The van der Waals surface area contributed by atoms with Crippen LogP contribution in [0.4, 0.5) is 5.69 Å². The molecule has 184 valence electrons. The number of nitrogens with zero attached hydrogens (tertiary/aromatic N) is 2. The minimum absolute atomic E-state index is 0.216. The van der Waals surface area contributed by atoms with Crippen LogP contribution in [0.2, 0.25) is 15.1 Å². The largest absolute Gasteiger partial charge is 0.508 e. The van der Waals surface area contributed by atoms with Crippen molar-refractivity contribution in [2.75, 3.05) is 7.11 Å². The van der Waals surface area contributed by atoms with Crippen LogP contribution >= 0.6 is 46.6 Å². The van der Waals surface area contributed by atoms with Crippen LogP contribution in [0.5, 0.6) is 11.5 Å². The highest BCUT2D eigenvalue weighted by Crippen LogP contribution is 2.31. The Labute approximate surface area is 230 Å². The van der Waals surface area contributed by atoms with E-state index in [0.29, 0.717) is 28.2 Å². The van der Waals surface area contributed by atoms with E-state index in [1.165, 1.54) is 11.8 Å². The van der Waals surface area contributed by atoms with Crippen molar-refractivity contribution in [3.63, 3.8) is 0 Å². The van der Waals surface area contributed by atoms with E-state index in [1.807, 2.05) is 72.8 Å². The lowest BCUT2D eigenvalue weighted by molar-refractivity contribution is 0.413. The second kappa shape index (κ2) is 12.4. The second-order valence-corrected chi connectivity index (χ2v) is 10.2. The maximum Gasteiger partial charge on any atom is 0.169 e. The summed E-state index contributed by atoms with van der Waals surface area (Å²) in [7, 11) is 1.64. The topological polar surface area (TPSA) is 45.1 Å². The standard InChI is InChI=1S/C28H23Cl3N2O2S/c1-35-24-6-3-7-25(16-24)36-28(32-22-5-2-4-21(29)15-22)33(17-19-8-11-23(34)12-9-19)18-20-10-13-26(30)27(31)14-20/h2-16,34H,17-18H2,1H3. The molecule has 0 amide bonds. The van der Waals surface area contributed by atoms with E-state index in [1.54, 1.807) is 25.3 Å². The molecule has 0 fully saturated rings. The molecule has 0 aliphatic rings. The third-order valence-corrected chi connectivity index (χ3v) is 7.22. The van der Waals surface area contributed by atoms with E-state index in [4.69, 9.17) is 44.5 Å². The number of rotatable bonds is 7. The van der Waals surface area contributed by atoms with Gasteiger partial charge in [0.25, 0.3) is 0 Å². The van der Waals surface area contributed by atoms with Gasteiger partial charge in [-0.1, -0.05) is 76.9 Å². The van der Waals surface area contributed by atoms with Crippen molar-refractivity contribution in [1.82, 2.24) is 4.90 Å². The molecule has 0 aromatic heterocycles. The molecule has 0 heterocycles. The lowest BCUT2D eigenvalue weighted by Gasteiger charge is -2.26. The highest BCUT2D eigenvalue weighted by molar-refractivity contribution is 8.13. The number of hydrogen-bond acceptors (Lipinski definition) is 4. The first-order chi connectivity index (χ1) is 17.4. The second-order valence-electron chi connectivity index (χ2n) is 7.93. The molecule has 0 aliphatic heterocycles. The maximum absolute atomic E-state index is 9.76. The molecule has 0 aliphatic carbocycles. The fraction of sp³-hybridized carbons (Fsp3) is 0.107. The number of hydrogen-bond donors (Lipinski definition) is 1. The summed E-state index contributed by atoms with van der Waals surface area (Å²) in [5.41, 5.74) is 2.73. The number of thioether (sulfide) groups is 1. The van der Waals surface area contributed by atoms with Crippen molar-refractivity contribution in [2.24, 2.45) is 4.99 Å². The van der Waals surface area contributed by atoms with Crippen LogP contribution < -0.4 is 4.74 Å². The van der Waals surface area contributed by atoms with Crippen molar-refractivity contribution < 1.29 is 9.84 Å². The van der Waals surface area contributed by atoms with Crippen molar-refractivity contribution in [2.45, 2.75) is 18.0 Å². The molecule has 4 aromatic carbocycles. The first kappa shape index (κ1) is 26.2. The van der Waals surface area contributed by atoms with Gasteiger partial charge in [-0.3, -0.25) is 0 Å². The third kappa shape index (κ3) is 7.34. The fourth-order valence-electron chi connectivity index (χ4n) is 3.46. The van der Waals surface area contributed by atoms with Gasteiger partial charge in [-0.25, -0.2) is 4.99 Å². The first-order valence-electron chi connectivity index (χ1n) is 11.0. The van der Waals surface area contributed by atoms with E-state index < -0.39 is 0 Å². The van der Waals surface area contributed by atoms with Gasteiger partial charge in [-0.2, -0.15) is 0 Å². The van der Waals surface area contributed by atoms with Gasteiger partial charge in [0.1, 0.15) is 11.5 Å². The van der Waals surface area contributed by atoms with E-state index >= 15 is 0 Å². The van der Waals surface area contributed by atoms with Crippen LogP contribution in [0.25, 0.3) is 0 Å². The highest BCUT2D eigenvalue weighted by Gasteiger charge is 2.17.